The van der Waals surface area contributed by atoms with E-state index in [9.17, 15) is 18.7 Å². The number of halogens is 2. The van der Waals surface area contributed by atoms with Crippen LogP contribution >= 0.6 is 0 Å². The van der Waals surface area contributed by atoms with E-state index in [1.165, 1.54) is 0 Å². The molecule has 1 aromatic carbocycles. The zero-order chi connectivity index (χ0) is 14.4. The van der Waals surface area contributed by atoms with Crippen LogP contribution in [0, 0.1) is 17.0 Å². The van der Waals surface area contributed by atoms with Crippen LogP contribution in [0.4, 0.5) is 8.78 Å². The van der Waals surface area contributed by atoms with Crippen molar-refractivity contribution in [2.45, 2.75) is 37.7 Å². The van der Waals surface area contributed by atoms with E-state index in [0.29, 0.717) is 19.3 Å². The third-order valence-corrected chi connectivity index (χ3v) is 4.66. The lowest BCUT2D eigenvalue weighted by Gasteiger charge is -2.27. The third-order valence-electron chi connectivity index (χ3n) is 4.66. The number of benzene rings is 1. The Bertz CT molecular complexity index is 528. The molecule has 0 atom stereocenters. The predicted octanol–water partition coefficient (Wildman–Crippen LogP) is 2.82. The average molecular weight is 282 g/mol. The first-order valence-corrected chi connectivity index (χ1v) is 6.76. The van der Waals surface area contributed by atoms with E-state index in [1.807, 2.05) is 0 Å². The zero-order valence-electron chi connectivity index (χ0n) is 11.0. The number of hydrogen-bond donors (Lipinski definition) is 1. The van der Waals surface area contributed by atoms with Gasteiger partial charge in [-0.2, -0.15) is 0 Å². The first-order chi connectivity index (χ1) is 9.46. The molecule has 3 nitrogen and oxygen atoms in total. The minimum absolute atomic E-state index is 0.0981. The van der Waals surface area contributed by atoms with E-state index in [4.69, 9.17) is 4.74 Å². The van der Waals surface area contributed by atoms with Crippen LogP contribution in [0.15, 0.2) is 18.2 Å². The van der Waals surface area contributed by atoms with Gasteiger partial charge in [-0.1, -0.05) is 0 Å². The lowest BCUT2D eigenvalue weighted by molar-refractivity contribution is -0.0133. The molecule has 2 fully saturated rings. The molecule has 2 saturated carbocycles. The Balaban J connectivity index is 1.77. The number of carbonyl (C=O) groups is 1. The molecule has 20 heavy (non-hydrogen) atoms. The Labute approximate surface area is 115 Å². The molecule has 0 unspecified atom stereocenters. The summed E-state index contributed by atoms with van der Waals surface area (Å²) in [5, 5.41) is 9.44. The van der Waals surface area contributed by atoms with Gasteiger partial charge in [0.2, 0.25) is 0 Å². The van der Waals surface area contributed by atoms with Crippen LogP contribution in [0.5, 0.6) is 0 Å². The van der Waals surface area contributed by atoms with Gasteiger partial charge in [0.25, 0.3) is 0 Å². The van der Waals surface area contributed by atoms with Crippen molar-refractivity contribution in [3.05, 3.63) is 35.4 Å². The predicted molar refractivity (Wildman–Crippen MR) is 67.1 cm³/mol. The Kier molecular flexibility index (Phi) is 3.05. The van der Waals surface area contributed by atoms with Crippen LogP contribution in [-0.2, 0) is 4.74 Å². The second kappa shape index (κ2) is 4.52. The Hall–Kier alpha value is -1.49. The molecule has 2 aliphatic carbocycles. The highest BCUT2D eigenvalue weighted by Crippen LogP contribution is 2.58. The van der Waals surface area contributed by atoms with Crippen molar-refractivity contribution >= 4 is 5.97 Å². The lowest BCUT2D eigenvalue weighted by atomic mass is 9.85. The number of hydrogen-bond acceptors (Lipinski definition) is 3. The standard InChI is InChI=1S/C15H16F2O3/c16-11-5-10(6-12(17)7-11)13(19)20-15-3-1-14(8-15,9-18)2-4-15/h5-7,18H,1-4,8-9H2. The summed E-state index contributed by atoms with van der Waals surface area (Å²) in [4.78, 5) is 12.1. The highest BCUT2D eigenvalue weighted by atomic mass is 19.1. The molecule has 1 aromatic rings. The smallest absolute Gasteiger partial charge is 0.338 e. The maximum absolute atomic E-state index is 13.1. The Morgan fingerprint density at radius 3 is 2.25 bits per heavy atom. The monoisotopic (exact) mass is 282 g/mol. The molecule has 3 rings (SSSR count). The minimum atomic E-state index is -0.794. The number of esters is 1. The van der Waals surface area contributed by atoms with Crippen LogP contribution in [-0.4, -0.2) is 23.3 Å². The fourth-order valence-electron chi connectivity index (χ4n) is 3.55. The number of rotatable bonds is 3. The Morgan fingerprint density at radius 2 is 1.75 bits per heavy atom. The van der Waals surface area contributed by atoms with E-state index in [2.05, 4.69) is 0 Å². The molecule has 1 N–H and O–H groups in total. The molecule has 108 valence electrons. The molecule has 2 aliphatic rings. The number of aliphatic hydroxyl groups excluding tert-OH is 1. The SMILES string of the molecule is O=C(OC12CCC(CO)(CC1)C2)c1cc(F)cc(F)c1. The van der Waals surface area contributed by atoms with Crippen LogP contribution in [0.1, 0.15) is 42.5 Å². The summed E-state index contributed by atoms with van der Waals surface area (Å²) in [5.41, 5.74) is -0.805. The first-order valence-electron chi connectivity index (χ1n) is 6.76. The highest BCUT2D eigenvalue weighted by molar-refractivity contribution is 5.89. The molecular weight excluding hydrogens is 266 g/mol. The average Bonchev–Trinajstić information content (AvgIpc) is 2.94. The van der Waals surface area contributed by atoms with Crippen LogP contribution < -0.4 is 0 Å². The highest BCUT2D eigenvalue weighted by Gasteiger charge is 2.56. The van der Waals surface area contributed by atoms with Gasteiger partial charge in [0.1, 0.15) is 17.2 Å². The fraction of sp³-hybridized carbons (Fsp3) is 0.533. The molecule has 0 spiro atoms. The van der Waals surface area contributed by atoms with Gasteiger partial charge in [-0.15, -0.1) is 0 Å². The van der Waals surface area contributed by atoms with Gasteiger partial charge in [-0.3, -0.25) is 0 Å². The van der Waals surface area contributed by atoms with Crippen molar-refractivity contribution in [3.8, 4) is 0 Å². The second-order valence-corrected chi connectivity index (χ2v) is 6.07. The van der Waals surface area contributed by atoms with Crippen LogP contribution in [0.3, 0.4) is 0 Å². The van der Waals surface area contributed by atoms with Gasteiger partial charge in [0.05, 0.1) is 5.56 Å². The molecule has 0 aliphatic heterocycles. The maximum atomic E-state index is 13.1. The molecule has 0 amide bonds. The van der Waals surface area contributed by atoms with Crippen molar-refractivity contribution in [1.29, 1.82) is 0 Å². The van der Waals surface area contributed by atoms with Gasteiger partial charge in [0, 0.05) is 12.7 Å². The van der Waals surface area contributed by atoms with Crippen molar-refractivity contribution < 1.29 is 23.4 Å². The fourth-order valence-corrected chi connectivity index (χ4v) is 3.55. The minimum Gasteiger partial charge on any atom is -0.455 e. The van der Waals surface area contributed by atoms with Crippen LogP contribution in [0.25, 0.3) is 0 Å². The lowest BCUT2D eigenvalue weighted by Crippen LogP contribution is -2.30. The molecular formula is C15H16F2O3. The maximum Gasteiger partial charge on any atom is 0.338 e. The first kappa shape index (κ1) is 13.5. The molecule has 2 bridgehead atoms. The van der Waals surface area contributed by atoms with Gasteiger partial charge in [-0.25, -0.2) is 13.6 Å². The topological polar surface area (TPSA) is 46.5 Å². The molecule has 0 aromatic heterocycles. The summed E-state index contributed by atoms with van der Waals surface area (Å²) in [6.07, 6.45) is 3.71. The molecule has 0 radical (unpaired) electrons. The summed E-state index contributed by atoms with van der Waals surface area (Å²) >= 11 is 0. The molecule has 5 heteroatoms. The summed E-state index contributed by atoms with van der Waals surface area (Å²) in [5.74, 6) is -2.28. The van der Waals surface area contributed by atoms with Crippen molar-refractivity contribution in [2.24, 2.45) is 5.41 Å². The van der Waals surface area contributed by atoms with E-state index >= 15 is 0 Å². The quantitative estimate of drug-likeness (QED) is 0.867. The molecule has 0 heterocycles. The van der Waals surface area contributed by atoms with Crippen molar-refractivity contribution in [3.63, 3.8) is 0 Å². The summed E-state index contributed by atoms with van der Waals surface area (Å²) in [6, 6.07) is 2.67. The van der Waals surface area contributed by atoms with Gasteiger partial charge in [0.15, 0.2) is 0 Å². The number of carbonyl (C=O) groups excluding carboxylic acids is 1. The summed E-state index contributed by atoms with van der Waals surface area (Å²) in [6.45, 7) is 0.0981. The molecule has 0 saturated heterocycles. The normalized spacial score (nSPS) is 31.6. The van der Waals surface area contributed by atoms with E-state index in [0.717, 1.165) is 31.0 Å². The van der Waals surface area contributed by atoms with E-state index in [-0.39, 0.29) is 17.6 Å². The number of aliphatic hydroxyl groups is 1. The van der Waals surface area contributed by atoms with Gasteiger partial charge in [-0.05, 0) is 49.7 Å². The summed E-state index contributed by atoms with van der Waals surface area (Å²) < 4.78 is 31.8. The summed E-state index contributed by atoms with van der Waals surface area (Å²) in [7, 11) is 0. The largest absolute Gasteiger partial charge is 0.455 e. The van der Waals surface area contributed by atoms with E-state index in [1.54, 1.807) is 0 Å². The van der Waals surface area contributed by atoms with Gasteiger partial charge >= 0.3 is 5.97 Å². The number of fused-ring (bicyclic) bond motifs is 2. The second-order valence-electron chi connectivity index (χ2n) is 6.07. The Morgan fingerprint density at radius 1 is 1.15 bits per heavy atom. The van der Waals surface area contributed by atoms with Gasteiger partial charge < -0.3 is 9.84 Å². The zero-order valence-corrected chi connectivity index (χ0v) is 11.0. The van der Waals surface area contributed by atoms with Crippen molar-refractivity contribution in [1.82, 2.24) is 0 Å². The number of ether oxygens (including phenoxy) is 1. The third kappa shape index (κ3) is 2.20. The van der Waals surface area contributed by atoms with E-state index < -0.39 is 23.2 Å². The van der Waals surface area contributed by atoms with Crippen molar-refractivity contribution in [2.75, 3.05) is 6.61 Å². The van der Waals surface area contributed by atoms with Crippen LogP contribution in [0.2, 0.25) is 0 Å².